The van der Waals surface area contributed by atoms with Crippen LogP contribution in [0, 0.1) is 0 Å². The highest BCUT2D eigenvalue weighted by Gasteiger charge is 2.16. The fourth-order valence-electron chi connectivity index (χ4n) is 3.36. The highest BCUT2D eigenvalue weighted by molar-refractivity contribution is 7.90. The third kappa shape index (κ3) is 5.41. The highest BCUT2D eigenvalue weighted by atomic mass is 32.2. The quantitative estimate of drug-likeness (QED) is 0.660. The van der Waals surface area contributed by atoms with Crippen molar-refractivity contribution in [1.29, 1.82) is 0 Å². The first-order valence-electron chi connectivity index (χ1n) is 9.35. The zero-order valence-electron chi connectivity index (χ0n) is 16.0. The summed E-state index contributed by atoms with van der Waals surface area (Å²) >= 11 is 0. The number of sulfonamides is 1. The van der Waals surface area contributed by atoms with Crippen LogP contribution in [0.4, 0.5) is 0 Å². The van der Waals surface area contributed by atoms with Gasteiger partial charge in [-0.1, -0.05) is 24.3 Å². The van der Waals surface area contributed by atoms with Crippen molar-refractivity contribution in [3.8, 4) is 0 Å². The van der Waals surface area contributed by atoms with E-state index in [9.17, 15) is 16.8 Å². The summed E-state index contributed by atoms with van der Waals surface area (Å²) in [5, 5.41) is 0. The average molecular weight is 423 g/mol. The van der Waals surface area contributed by atoms with E-state index in [4.69, 9.17) is 0 Å². The number of hydrogen-bond acceptors (Lipinski definition) is 5. The Kier molecular flexibility index (Phi) is 6.54. The lowest BCUT2D eigenvalue weighted by atomic mass is 10.00. The summed E-state index contributed by atoms with van der Waals surface area (Å²) in [6, 6.07) is 13.8. The molecule has 152 valence electrons. The Hall–Kier alpha value is -1.74. The summed E-state index contributed by atoms with van der Waals surface area (Å²) in [6.45, 7) is 3.30. The highest BCUT2D eigenvalue weighted by Crippen LogP contribution is 2.19. The van der Waals surface area contributed by atoms with Crippen LogP contribution in [-0.4, -0.2) is 47.6 Å². The van der Waals surface area contributed by atoms with Gasteiger partial charge in [-0.05, 0) is 61.2 Å². The van der Waals surface area contributed by atoms with Crippen LogP contribution in [0.3, 0.4) is 0 Å². The lowest BCUT2D eigenvalue weighted by Gasteiger charge is -2.28. The van der Waals surface area contributed by atoms with Crippen LogP contribution >= 0.6 is 0 Å². The molecule has 6 nitrogen and oxygen atoms in total. The van der Waals surface area contributed by atoms with Gasteiger partial charge in [0.15, 0.2) is 9.84 Å². The molecule has 3 rings (SSSR count). The predicted molar refractivity (Wildman–Crippen MR) is 109 cm³/mol. The van der Waals surface area contributed by atoms with Crippen LogP contribution in [0.25, 0.3) is 0 Å². The molecule has 0 fully saturated rings. The Bertz CT molecular complexity index is 1020. The zero-order valence-corrected chi connectivity index (χ0v) is 17.6. The second kappa shape index (κ2) is 8.73. The number of benzene rings is 2. The summed E-state index contributed by atoms with van der Waals surface area (Å²) in [7, 11) is -6.96. The first-order chi connectivity index (χ1) is 13.3. The SMILES string of the molecule is CS(=O)(=O)c1ccc(S(=O)(=O)NCCCCN2CCc3ccccc3C2)cc1. The van der Waals surface area contributed by atoms with E-state index in [1.54, 1.807) is 0 Å². The Morgan fingerprint density at radius 3 is 2.21 bits per heavy atom. The largest absolute Gasteiger partial charge is 0.299 e. The van der Waals surface area contributed by atoms with Gasteiger partial charge in [0.2, 0.25) is 10.0 Å². The number of fused-ring (bicyclic) bond motifs is 1. The van der Waals surface area contributed by atoms with E-state index < -0.39 is 19.9 Å². The van der Waals surface area contributed by atoms with E-state index in [1.807, 2.05) is 0 Å². The van der Waals surface area contributed by atoms with Crippen molar-refractivity contribution in [2.24, 2.45) is 0 Å². The van der Waals surface area contributed by atoms with Crippen LogP contribution in [0.2, 0.25) is 0 Å². The summed E-state index contributed by atoms with van der Waals surface area (Å²) < 4.78 is 50.2. The normalized spacial score (nSPS) is 15.3. The van der Waals surface area contributed by atoms with Gasteiger partial charge in [-0.2, -0.15) is 0 Å². The lowest BCUT2D eigenvalue weighted by Crippen LogP contribution is -2.32. The van der Waals surface area contributed by atoms with Crippen LogP contribution in [-0.2, 0) is 32.8 Å². The molecule has 0 unspecified atom stereocenters. The van der Waals surface area contributed by atoms with E-state index in [2.05, 4.69) is 33.9 Å². The van der Waals surface area contributed by atoms with Gasteiger partial charge in [-0.3, -0.25) is 4.90 Å². The van der Waals surface area contributed by atoms with Crippen molar-refractivity contribution in [2.45, 2.75) is 35.6 Å². The summed E-state index contributed by atoms with van der Waals surface area (Å²) in [5.74, 6) is 0. The zero-order chi connectivity index (χ0) is 20.2. The van der Waals surface area contributed by atoms with Gasteiger partial charge in [-0.25, -0.2) is 21.6 Å². The van der Waals surface area contributed by atoms with E-state index in [0.717, 1.165) is 45.2 Å². The molecule has 0 radical (unpaired) electrons. The van der Waals surface area contributed by atoms with Crippen molar-refractivity contribution in [1.82, 2.24) is 9.62 Å². The Balaban J connectivity index is 1.43. The molecule has 1 heterocycles. The van der Waals surface area contributed by atoms with Gasteiger partial charge in [0.05, 0.1) is 9.79 Å². The monoisotopic (exact) mass is 422 g/mol. The number of hydrogen-bond donors (Lipinski definition) is 1. The molecule has 0 aliphatic carbocycles. The maximum atomic E-state index is 12.3. The maximum absolute atomic E-state index is 12.3. The predicted octanol–water partition coefficient (Wildman–Crippen LogP) is 2.21. The van der Waals surface area contributed by atoms with Gasteiger partial charge >= 0.3 is 0 Å². The number of sulfone groups is 1. The molecule has 1 aliphatic heterocycles. The molecule has 2 aromatic carbocycles. The summed E-state index contributed by atoms with van der Waals surface area (Å²) in [5.41, 5.74) is 2.81. The van der Waals surface area contributed by atoms with Crippen LogP contribution < -0.4 is 4.72 Å². The number of nitrogens with zero attached hydrogens (tertiary/aromatic N) is 1. The van der Waals surface area contributed by atoms with E-state index >= 15 is 0 Å². The molecular weight excluding hydrogens is 396 g/mol. The molecule has 0 saturated carbocycles. The van der Waals surface area contributed by atoms with E-state index in [1.165, 1.54) is 35.4 Å². The number of nitrogens with one attached hydrogen (secondary N) is 1. The Morgan fingerprint density at radius 2 is 1.54 bits per heavy atom. The van der Waals surface area contributed by atoms with Gasteiger partial charge in [0.25, 0.3) is 0 Å². The molecule has 0 saturated heterocycles. The number of rotatable bonds is 8. The summed E-state index contributed by atoms with van der Waals surface area (Å²) in [4.78, 5) is 2.59. The average Bonchev–Trinajstić information content (AvgIpc) is 2.67. The standard InChI is InChI=1S/C20H26N2O4S2/c1-27(23,24)19-8-10-20(11-9-19)28(25,26)21-13-4-5-14-22-15-12-17-6-2-3-7-18(17)16-22/h2-3,6-11,21H,4-5,12-16H2,1H3. The molecule has 0 aromatic heterocycles. The second-order valence-corrected chi connectivity index (χ2v) is 10.9. The summed E-state index contributed by atoms with van der Waals surface area (Å²) in [6.07, 6.45) is 3.82. The molecule has 0 atom stereocenters. The van der Waals surface area contributed by atoms with Crippen molar-refractivity contribution in [3.63, 3.8) is 0 Å². The lowest BCUT2D eigenvalue weighted by molar-refractivity contribution is 0.249. The van der Waals surface area contributed by atoms with Gasteiger partial charge in [0, 0.05) is 25.9 Å². The van der Waals surface area contributed by atoms with Crippen LogP contribution in [0.1, 0.15) is 24.0 Å². The van der Waals surface area contributed by atoms with Gasteiger partial charge in [0.1, 0.15) is 0 Å². The van der Waals surface area contributed by atoms with Crippen LogP contribution in [0.15, 0.2) is 58.3 Å². The first kappa shape index (κ1) is 21.0. The van der Waals surface area contributed by atoms with Crippen molar-refractivity contribution < 1.29 is 16.8 Å². The molecule has 1 aliphatic rings. The van der Waals surface area contributed by atoms with Gasteiger partial charge < -0.3 is 0 Å². The minimum Gasteiger partial charge on any atom is -0.299 e. The van der Waals surface area contributed by atoms with Crippen molar-refractivity contribution >= 4 is 19.9 Å². The maximum Gasteiger partial charge on any atom is 0.240 e. The molecule has 0 bridgehead atoms. The minimum absolute atomic E-state index is 0.0764. The molecule has 0 spiro atoms. The fraction of sp³-hybridized carbons (Fsp3) is 0.400. The van der Waals surface area contributed by atoms with Crippen molar-refractivity contribution in [2.75, 3.05) is 25.9 Å². The van der Waals surface area contributed by atoms with E-state index in [-0.39, 0.29) is 9.79 Å². The molecule has 0 amide bonds. The number of unbranched alkanes of at least 4 members (excludes halogenated alkanes) is 1. The third-order valence-corrected chi connectivity index (χ3v) is 7.57. The first-order valence-corrected chi connectivity index (χ1v) is 12.7. The van der Waals surface area contributed by atoms with E-state index in [0.29, 0.717) is 6.54 Å². The molecule has 28 heavy (non-hydrogen) atoms. The second-order valence-electron chi connectivity index (χ2n) is 7.14. The van der Waals surface area contributed by atoms with Crippen molar-refractivity contribution in [3.05, 3.63) is 59.7 Å². The molecular formula is C20H26N2O4S2. The van der Waals surface area contributed by atoms with Gasteiger partial charge in [-0.15, -0.1) is 0 Å². The van der Waals surface area contributed by atoms with Crippen LogP contribution in [0.5, 0.6) is 0 Å². The molecule has 2 aromatic rings. The molecule has 8 heteroatoms. The minimum atomic E-state index is -3.63. The fourth-order valence-corrected chi connectivity index (χ4v) is 5.07. The Labute approximate surface area is 167 Å². The third-order valence-electron chi connectivity index (χ3n) is 4.97. The Morgan fingerprint density at radius 1 is 0.893 bits per heavy atom. The topological polar surface area (TPSA) is 83.5 Å². The molecule has 1 N–H and O–H groups in total. The smallest absolute Gasteiger partial charge is 0.240 e.